The maximum Gasteiger partial charge on any atom is 0.208 e. The number of hydrogen-bond donors (Lipinski definition) is 3. The topological polar surface area (TPSA) is 82.6 Å². The summed E-state index contributed by atoms with van der Waals surface area (Å²) < 4.78 is 24.6. The van der Waals surface area contributed by atoms with Crippen molar-refractivity contribution in [3.63, 3.8) is 0 Å². The second-order valence-electron chi connectivity index (χ2n) is 5.87. The van der Waals surface area contributed by atoms with Gasteiger partial charge in [-0.1, -0.05) is 44.2 Å². The Bertz CT molecular complexity index is 617. The van der Waals surface area contributed by atoms with Crippen molar-refractivity contribution in [1.82, 2.24) is 15.4 Å². The molecule has 0 fully saturated rings. The van der Waals surface area contributed by atoms with Crippen molar-refractivity contribution in [2.24, 2.45) is 4.99 Å². The fraction of sp³-hybridized carbons (Fsp3) is 0.588. The van der Waals surface area contributed by atoms with Crippen LogP contribution in [0.25, 0.3) is 0 Å². The van der Waals surface area contributed by atoms with Crippen LogP contribution in [-0.4, -0.2) is 47.3 Å². The van der Waals surface area contributed by atoms with Crippen LogP contribution in [0.2, 0.25) is 0 Å². The standard InChI is InChI=1S/C17H30N4O2S.HI/c1-5-17(6-2,15-10-8-7-9-11-15)14-20-16(18-3)19-12-13-21-24(4,22)23;/h7-11,21H,5-6,12-14H2,1-4H3,(H2,18,19,20);1H. The third kappa shape index (κ3) is 8.37. The predicted octanol–water partition coefficient (Wildman–Crippen LogP) is 2.08. The molecular formula is C17H31IN4O2S. The maximum atomic E-state index is 11.1. The Morgan fingerprint density at radius 1 is 1.08 bits per heavy atom. The first kappa shape index (κ1) is 24.1. The molecule has 0 saturated heterocycles. The minimum absolute atomic E-state index is 0. The van der Waals surface area contributed by atoms with Gasteiger partial charge in [0.1, 0.15) is 0 Å². The number of hydrogen-bond acceptors (Lipinski definition) is 3. The van der Waals surface area contributed by atoms with Crippen molar-refractivity contribution >= 4 is 40.0 Å². The van der Waals surface area contributed by atoms with Gasteiger partial charge in [-0.3, -0.25) is 4.99 Å². The molecule has 144 valence electrons. The monoisotopic (exact) mass is 482 g/mol. The van der Waals surface area contributed by atoms with Crippen molar-refractivity contribution in [1.29, 1.82) is 0 Å². The number of nitrogens with zero attached hydrogens (tertiary/aromatic N) is 1. The Hall–Kier alpha value is -0.870. The quantitative estimate of drug-likeness (QED) is 0.218. The van der Waals surface area contributed by atoms with E-state index in [0.29, 0.717) is 19.0 Å². The van der Waals surface area contributed by atoms with Gasteiger partial charge in [0.15, 0.2) is 5.96 Å². The Balaban J connectivity index is 0.00000576. The third-order valence-electron chi connectivity index (χ3n) is 4.34. The summed E-state index contributed by atoms with van der Waals surface area (Å²) in [6.07, 6.45) is 3.19. The zero-order chi connectivity index (χ0) is 18.1. The Morgan fingerprint density at radius 2 is 1.68 bits per heavy atom. The highest BCUT2D eigenvalue weighted by molar-refractivity contribution is 14.0. The normalized spacial score (nSPS) is 12.4. The lowest BCUT2D eigenvalue weighted by atomic mass is 9.76. The SMILES string of the molecule is CCC(CC)(CNC(=NC)NCCNS(C)(=O)=O)c1ccccc1.I. The average molecular weight is 482 g/mol. The molecule has 0 amide bonds. The van der Waals surface area contributed by atoms with Gasteiger partial charge in [0.25, 0.3) is 0 Å². The fourth-order valence-electron chi connectivity index (χ4n) is 2.69. The van der Waals surface area contributed by atoms with Crippen LogP contribution in [0.4, 0.5) is 0 Å². The lowest BCUT2D eigenvalue weighted by Crippen LogP contribution is -2.46. The van der Waals surface area contributed by atoms with Crippen LogP contribution in [0.1, 0.15) is 32.3 Å². The van der Waals surface area contributed by atoms with Crippen LogP contribution in [0.15, 0.2) is 35.3 Å². The summed E-state index contributed by atoms with van der Waals surface area (Å²) in [6.45, 7) is 5.96. The number of halogens is 1. The maximum absolute atomic E-state index is 11.1. The molecule has 0 atom stereocenters. The largest absolute Gasteiger partial charge is 0.356 e. The summed E-state index contributed by atoms with van der Waals surface area (Å²) in [7, 11) is -1.45. The molecule has 0 unspecified atom stereocenters. The van der Waals surface area contributed by atoms with E-state index in [4.69, 9.17) is 0 Å². The second-order valence-corrected chi connectivity index (χ2v) is 7.71. The van der Waals surface area contributed by atoms with E-state index in [1.165, 1.54) is 5.56 Å². The molecule has 0 aliphatic rings. The fourth-order valence-corrected chi connectivity index (χ4v) is 3.17. The molecule has 0 aliphatic carbocycles. The molecule has 0 bridgehead atoms. The molecule has 0 saturated carbocycles. The minimum atomic E-state index is -3.16. The lowest BCUT2D eigenvalue weighted by molar-refractivity contribution is 0.389. The summed E-state index contributed by atoms with van der Waals surface area (Å²) in [5, 5.41) is 6.50. The summed E-state index contributed by atoms with van der Waals surface area (Å²) in [6, 6.07) is 10.5. The van der Waals surface area contributed by atoms with E-state index in [1.54, 1.807) is 7.05 Å². The number of aliphatic imine (C=N–C) groups is 1. The van der Waals surface area contributed by atoms with Crippen LogP contribution in [0.3, 0.4) is 0 Å². The van der Waals surface area contributed by atoms with Gasteiger partial charge in [-0.2, -0.15) is 0 Å². The second kappa shape index (κ2) is 11.7. The van der Waals surface area contributed by atoms with Gasteiger partial charge < -0.3 is 10.6 Å². The van der Waals surface area contributed by atoms with Gasteiger partial charge in [-0.25, -0.2) is 13.1 Å². The highest BCUT2D eigenvalue weighted by Crippen LogP contribution is 2.30. The van der Waals surface area contributed by atoms with Gasteiger partial charge in [-0.15, -0.1) is 24.0 Å². The smallest absolute Gasteiger partial charge is 0.208 e. The van der Waals surface area contributed by atoms with Crippen molar-refractivity contribution in [3.8, 4) is 0 Å². The van der Waals surface area contributed by atoms with Gasteiger partial charge in [-0.05, 0) is 18.4 Å². The molecule has 25 heavy (non-hydrogen) atoms. The van der Waals surface area contributed by atoms with Gasteiger partial charge in [0.05, 0.1) is 6.26 Å². The molecule has 3 N–H and O–H groups in total. The number of nitrogens with one attached hydrogen (secondary N) is 3. The molecule has 8 heteroatoms. The Labute approximate surface area is 169 Å². The third-order valence-corrected chi connectivity index (χ3v) is 5.07. The first-order valence-corrected chi connectivity index (χ1v) is 10.2. The summed E-state index contributed by atoms with van der Waals surface area (Å²) in [5.41, 5.74) is 1.36. The van der Waals surface area contributed by atoms with Crippen LogP contribution in [-0.2, 0) is 15.4 Å². The molecule has 1 rings (SSSR count). The van der Waals surface area contributed by atoms with Gasteiger partial charge in [0, 0.05) is 32.1 Å². The van der Waals surface area contributed by atoms with E-state index in [1.807, 2.05) is 6.07 Å². The molecule has 0 heterocycles. The zero-order valence-corrected chi connectivity index (χ0v) is 18.6. The highest BCUT2D eigenvalue weighted by atomic mass is 127. The minimum Gasteiger partial charge on any atom is -0.356 e. The van der Waals surface area contributed by atoms with E-state index in [2.05, 4.69) is 58.5 Å². The first-order chi connectivity index (χ1) is 11.4. The first-order valence-electron chi connectivity index (χ1n) is 8.31. The van der Waals surface area contributed by atoms with E-state index in [-0.39, 0.29) is 29.4 Å². The van der Waals surface area contributed by atoms with E-state index in [0.717, 1.165) is 25.6 Å². The van der Waals surface area contributed by atoms with E-state index < -0.39 is 10.0 Å². The summed E-state index contributed by atoms with van der Waals surface area (Å²) >= 11 is 0. The number of rotatable bonds is 9. The average Bonchev–Trinajstić information content (AvgIpc) is 2.58. The number of benzene rings is 1. The molecule has 1 aromatic carbocycles. The van der Waals surface area contributed by atoms with Crippen molar-refractivity contribution in [2.75, 3.05) is 32.9 Å². The van der Waals surface area contributed by atoms with Crippen LogP contribution < -0.4 is 15.4 Å². The predicted molar refractivity (Wildman–Crippen MR) is 116 cm³/mol. The van der Waals surface area contributed by atoms with Crippen molar-refractivity contribution in [3.05, 3.63) is 35.9 Å². The highest BCUT2D eigenvalue weighted by Gasteiger charge is 2.28. The van der Waals surface area contributed by atoms with Crippen molar-refractivity contribution < 1.29 is 8.42 Å². The molecule has 0 radical (unpaired) electrons. The summed E-state index contributed by atoms with van der Waals surface area (Å²) in [5.74, 6) is 0.674. The molecule has 0 aliphatic heterocycles. The molecule has 6 nitrogen and oxygen atoms in total. The van der Waals surface area contributed by atoms with Crippen LogP contribution in [0.5, 0.6) is 0 Å². The lowest BCUT2D eigenvalue weighted by Gasteiger charge is -2.33. The van der Waals surface area contributed by atoms with E-state index >= 15 is 0 Å². The molecule has 0 spiro atoms. The Kier molecular flexibility index (Phi) is 11.3. The van der Waals surface area contributed by atoms with Crippen molar-refractivity contribution in [2.45, 2.75) is 32.1 Å². The molecule has 1 aromatic rings. The summed E-state index contributed by atoms with van der Waals surface area (Å²) in [4.78, 5) is 4.20. The van der Waals surface area contributed by atoms with Crippen LogP contribution in [0, 0.1) is 0 Å². The zero-order valence-electron chi connectivity index (χ0n) is 15.5. The van der Waals surface area contributed by atoms with Gasteiger partial charge in [0.2, 0.25) is 10.0 Å². The van der Waals surface area contributed by atoms with Crippen LogP contribution >= 0.6 is 24.0 Å². The van der Waals surface area contributed by atoms with E-state index in [9.17, 15) is 8.42 Å². The number of sulfonamides is 1. The Morgan fingerprint density at radius 3 is 2.16 bits per heavy atom. The van der Waals surface area contributed by atoms with Gasteiger partial charge >= 0.3 is 0 Å². The molecular weight excluding hydrogens is 451 g/mol. The molecule has 0 aromatic heterocycles. The number of guanidine groups is 1.